The van der Waals surface area contributed by atoms with Crippen LogP contribution in [-0.2, 0) is 43.7 Å². The first-order chi connectivity index (χ1) is 19.4. The highest BCUT2D eigenvalue weighted by atomic mass is 32.2. The van der Waals surface area contributed by atoms with E-state index in [0.29, 0.717) is 24.2 Å². The van der Waals surface area contributed by atoms with Crippen molar-refractivity contribution in [3.8, 4) is 0 Å². The molecule has 0 aliphatic carbocycles. The first-order valence-electron chi connectivity index (χ1n) is 13.8. The minimum absolute atomic E-state index is 0.108. The highest BCUT2D eigenvalue weighted by molar-refractivity contribution is 7.90. The maximum atomic E-state index is 13.5. The van der Waals surface area contributed by atoms with Crippen molar-refractivity contribution >= 4 is 27.6 Å². The lowest BCUT2D eigenvalue weighted by Gasteiger charge is -2.34. The van der Waals surface area contributed by atoms with E-state index in [1.54, 1.807) is 44.2 Å². The summed E-state index contributed by atoms with van der Waals surface area (Å²) in [4.78, 5) is 28.5. The molecule has 0 radical (unpaired) electrons. The van der Waals surface area contributed by atoms with Gasteiger partial charge in [-0.2, -0.15) is 8.42 Å². The zero-order valence-electron chi connectivity index (χ0n) is 24.1. The van der Waals surface area contributed by atoms with Crippen molar-refractivity contribution in [2.45, 2.75) is 63.1 Å². The molecule has 2 aliphatic rings. The molecular weight excluding hydrogens is 542 g/mol. The van der Waals surface area contributed by atoms with Crippen LogP contribution in [0.3, 0.4) is 0 Å². The lowest BCUT2D eigenvalue weighted by Crippen LogP contribution is -2.64. The summed E-state index contributed by atoms with van der Waals surface area (Å²) in [6, 6.07) is 7.66. The Morgan fingerprint density at radius 2 is 1.88 bits per heavy atom. The largest absolute Gasteiger partial charge is 0.464 e. The molecule has 4 rings (SSSR count). The fourth-order valence-corrected chi connectivity index (χ4v) is 6.71. The first-order valence-corrected chi connectivity index (χ1v) is 15.2. The van der Waals surface area contributed by atoms with Crippen molar-refractivity contribution in [2.75, 3.05) is 26.7 Å². The van der Waals surface area contributed by atoms with Crippen LogP contribution in [0.4, 0.5) is 0 Å². The molecular formula is C30H39N5O5S. The Bertz CT molecular complexity index is 1520. The number of nitrogens with two attached hydrogens (primary N) is 2. The number of aryl methyl sites for hydroxylation is 2. The molecule has 2 heterocycles. The van der Waals surface area contributed by atoms with Gasteiger partial charge in [0.15, 0.2) is 11.3 Å². The fraction of sp³-hybridized carbons (Fsp3) is 0.433. The van der Waals surface area contributed by atoms with Gasteiger partial charge in [-0.05, 0) is 80.6 Å². The number of benzene rings is 2. The molecule has 1 unspecified atom stereocenters. The number of carbonyl (C=O) groups is 2. The first kappa shape index (κ1) is 30.6. The van der Waals surface area contributed by atoms with Gasteiger partial charge in [-0.15, -0.1) is 4.40 Å². The highest BCUT2D eigenvalue weighted by Crippen LogP contribution is 2.30. The highest BCUT2D eigenvalue weighted by Gasteiger charge is 2.48. The third kappa shape index (κ3) is 6.28. The number of amidine groups is 1. The van der Waals surface area contributed by atoms with Gasteiger partial charge in [-0.1, -0.05) is 30.4 Å². The molecule has 11 heteroatoms. The number of likely N-dealkylation sites (N-methyl/N-ethyl adjacent to an activating group) is 1. The van der Waals surface area contributed by atoms with E-state index in [9.17, 15) is 18.0 Å². The predicted octanol–water partition coefficient (Wildman–Crippen LogP) is 1.68. The van der Waals surface area contributed by atoms with Gasteiger partial charge < -0.3 is 21.1 Å². The smallest absolute Gasteiger partial charge is 0.334 e. The molecule has 0 bridgehead atoms. The van der Waals surface area contributed by atoms with E-state index < -0.39 is 33.4 Å². The van der Waals surface area contributed by atoms with Gasteiger partial charge in [-0.3, -0.25) is 10.1 Å². The van der Waals surface area contributed by atoms with Gasteiger partial charge in [0.05, 0.1) is 17.5 Å². The topological polar surface area (TPSA) is 157 Å². The Balaban J connectivity index is 1.62. The molecule has 2 atom stereocenters. The number of Topliss-reactive ketones (excluding diaryl/α,β-unsaturated/α-hetero) is 1. The second-order valence-corrected chi connectivity index (χ2v) is 12.4. The van der Waals surface area contributed by atoms with Gasteiger partial charge >= 0.3 is 5.97 Å². The molecule has 0 saturated carbocycles. The van der Waals surface area contributed by atoms with Gasteiger partial charge in [0, 0.05) is 31.6 Å². The second kappa shape index (κ2) is 12.2. The van der Waals surface area contributed by atoms with Crippen LogP contribution in [0.5, 0.6) is 0 Å². The maximum Gasteiger partial charge on any atom is 0.334 e. The van der Waals surface area contributed by atoms with Crippen LogP contribution in [0.15, 0.2) is 51.8 Å². The zero-order valence-corrected chi connectivity index (χ0v) is 24.9. The number of nitrogens with one attached hydrogen (secondary N) is 1. The van der Waals surface area contributed by atoms with E-state index >= 15 is 0 Å². The number of ketones is 1. The summed E-state index contributed by atoms with van der Waals surface area (Å²) in [6.07, 6.45) is 4.62. The summed E-state index contributed by atoms with van der Waals surface area (Å²) < 4.78 is 36.2. The summed E-state index contributed by atoms with van der Waals surface area (Å²) in [5.74, 6) is -1.27. The molecule has 2 aromatic carbocycles. The van der Waals surface area contributed by atoms with Gasteiger partial charge in [0.1, 0.15) is 5.84 Å². The number of hydrogen-bond donors (Lipinski definition) is 3. The lowest BCUT2D eigenvalue weighted by molar-refractivity contribution is -0.155. The van der Waals surface area contributed by atoms with E-state index in [4.69, 9.17) is 16.2 Å². The summed E-state index contributed by atoms with van der Waals surface area (Å²) >= 11 is 0. The van der Waals surface area contributed by atoms with Gasteiger partial charge in [-0.25, -0.2) is 4.79 Å². The van der Waals surface area contributed by atoms with Crippen molar-refractivity contribution in [3.05, 3.63) is 75.9 Å². The predicted molar refractivity (Wildman–Crippen MR) is 158 cm³/mol. The number of rotatable bonds is 9. The van der Waals surface area contributed by atoms with Crippen LogP contribution in [0.2, 0.25) is 0 Å². The van der Waals surface area contributed by atoms with Gasteiger partial charge in [0.25, 0.3) is 10.0 Å². The molecule has 5 N–H and O–H groups in total. The quantitative estimate of drug-likeness (QED) is 0.132. The number of nitrogens with zero attached hydrogens (tertiary/aromatic N) is 2. The normalized spacial score (nSPS) is 20.4. The monoisotopic (exact) mass is 581 g/mol. The Morgan fingerprint density at radius 3 is 2.56 bits per heavy atom. The average molecular weight is 582 g/mol. The summed E-state index contributed by atoms with van der Waals surface area (Å²) in [5.41, 5.74) is 15.8. The van der Waals surface area contributed by atoms with Crippen LogP contribution in [0.1, 0.15) is 46.7 Å². The van der Waals surface area contributed by atoms with Crippen LogP contribution in [-0.4, -0.2) is 69.2 Å². The second-order valence-electron chi connectivity index (χ2n) is 10.8. The van der Waals surface area contributed by atoms with Crippen LogP contribution < -0.4 is 16.8 Å². The van der Waals surface area contributed by atoms with Crippen molar-refractivity contribution in [2.24, 2.45) is 15.9 Å². The van der Waals surface area contributed by atoms with Crippen molar-refractivity contribution in [1.82, 2.24) is 10.2 Å². The number of sulfonamides is 1. The molecule has 0 fully saturated rings. The molecule has 41 heavy (non-hydrogen) atoms. The van der Waals surface area contributed by atoms with Crippen LogP contribution >= 0.6 is 0 Å². The zero-order chi connectivity index (χ0) is 29.9. The fourth-order valence-electron chi connectivity index (χ4n) is 5.51. The summed E-state index contributed by atoms with van der Waals surface area (Å²) in [6.45, 7) is 7.31. The molecule has 220 valence electrons. The number of esters is 1. The number of hydrogen-bond acceptors (Lipinski definition) is 8. The third-order valence-electron chi connectivity index (χ3n) is 7.82. The Morgan fingerprint density at radius 1 is 1.15 bits per heavy atom. The molecule has 0 aromatic heterocycles. The Kier molecular flexibility index (Phi) is 9.13. The minimum Gasteiger partial charge on any atom is -0.464 e. The lowest BCUT2D eigenvalue weighted by atomic mass is 9.82. The summed E-state index contributed by atoms with van der Waals surface area (Å²) in [7, 11) is -2.14. The van der Waals surface area contributed by atoms with Crippen molar-refractivity contribution in [3.63, 3.8) is 0 Å². The Hall–Kier alpha value is -3.38. The number of ether oxygens (including phenoxy) is 1. The Labute approximate surface area is 241 Å². The minimum atomic E-state index is -4.10. The third-order valence-corrected chi connectivity index (χ3v) is 9.19. The number of carbonyl (C=O) groups excluding carboxylic acids is 2. The van der Waals surface area contributed by atoms with E-state index in [1.807, 2.05) is 26.1 Å². The van der Waals surface area contributed by atoms with Crippen LogP contribution in [0.25, 0.3) is 0 Å². The van der Waals surface area contributed by atoms with Crippen LogP contribution in [0, 0.1) is 13.8 Å². The summed E-state index contributed by atoms with van der Waals surface area (Å²) in [5, 5.41) is 2.99. The van der Waals surface area contributed by atoms with Crippen molar-refractivity contribution < 1.29 is 22.7 Å². The molecule has 0 spiro atoms. The molecule has 0 saturated heterocycles. The molecule has 2 aromatic rings. The molecule has 2 aliphatic heterocycles. The molecule has 0 amide bonds. The number of fused-ring (bicyclic) bond motifs is 1. The maximum absolute atomic E-state index is 13.5. The molecule has 10 nitrogen and oxygen atoms in total. The SMILES string of the molecule is CCOC(=O)[C@]1(C(=O)C(N)Cc2ccc(C)c(C(N)=NS(=O)(=O)c3ccc(C)c4c3CN(C)CC4)c2)CC=CCN1. The standard InChI is InChI=1S/C30H39N5O5S/c1-5-40-29(37)30(13-6-7-14-33-30)27(36)25(31)17-21-10-8-20(3)23(16-21)28(32)34-41(38,39)26-11-9-19(2)22-12-15-35(4)18-24(22)26/h6-11,16,25,33H,5,12-15,17-18,31H2,1-4H3,(H2,32,34)/t25?,30-/m1/s1. The van der Waals surface area contributed by atoms with Gasteiger partial charge in [0.2, 0.25) is 0 Å². The van der Waals surface area contributed by atoms with E-state index in [0.717, 1.165) is 35.2 Å². The van der Waals surface area contributed by atoms with E-state index in [2.05, 4.69) is 14.6 Å². The average Bonchev–Trinajstić information content (AvgIpc) is 2.93. The van der Waals surface area contributed by atoms with E-state index in [1.165, 1.54) is 0 Å². The van der Waals surface area contributed by atoms with Crippen molar-refractivity contribution in [1.29, 1.82) is 0 Å². The van der Waals surface area contributed by atoms with E-state index in [-0.39, 0.29) is 30.2 Å².